The maximum absolute atomic E-state index is 10.9. The first-order chi connectivity index (χ1) is 10.1. The van der Waals surface area contributed by atoms with E-state index in [1.54, 1.807) is 26.3 Å². The van der Waals surface area contributed by atoms with Crippen molar-refractivity contribution in [2.24, 2.45) is 0 Å². The number of benzene rings is 2. The minimum Gasteiger partial charge on any atom is -0.497 e. The van der Waals surface area contributed by atoms with E-state index in [-0.39, 0.29) is 5.69 Å². The highest BCUT2D eigenvalue weighted by molar-refractivity contribution is 5.62. The molecule has 0 bridgehead atoms. The average molecular weight is 288 g/mol. The molecule has 0 spiro atoms. The van der Waals surface area contributed by atoms with Crippen molar-refractivity contribution in [3.05, 3.63) is 58.1 Å². The van der Waals surface area contributed by atoms with Crippen LogP contribution in [0.1, 0.15) is 5.56 Å². The summed E-state index contributed by atoms with van der Waals surface area (Å²) in [5, 5.41) is 13.7. The molecule has 21 heavy (non-hydrogen) atoms. The molecule has 0 atom stereocenters. The third-order valence-electron chi connectivity index (χ3n) is 2.99. The zero-order valence-corrected chi connectivity index (χ0v) is 11.8. The summed E-state index contributed by atoms with van der Waals surface area (Å²) in [4.78, 5) is 10.4. The van der Waals surface area contributed by atoms with Gasteiger partial charge >= 0.3 is 0 Å². The molecule has 0 aliphatic heterocycles. The van der Waals surface area contributed by atoms with Crippen molar-refractivity contribution < 1.29 is 14.4 Å². The van der Waals surface area contributed by atoms with Gasteiger partial charge in [0.1, 0.15) is 23.8 Å². The van der Waals surface area contributed by atoms with Gasteiger partial charge in [-0.15, -0.1) is 0 Å². The predicted molar refractivity (Wildman–Crippen MR) is 80.0 cm³/mol. The standard InChI is InChI=1S/C15H16N2O4/c1-16-14-9-11(3-8-15(14)17(18)19)10-21-13-6-4-12(20-2)5-7-13/h3-9,16H,10H2,1-2H3. The summed E-state index contributed by atoms with van der Waals surface area (Å²) in [6, 6.07) is 12.1. The maximum Gasteiger partial charge on any atom is 0.292 e. The van der Waals surface area contributed by atoms with Gasteiger partial charge in [-0.2, -0.15) is 0 Å². The maximum atomic E-state index is 10.9. The Morgan fingerprint density at radius 2 is 1.81 bits per heavy atom. The van der Waals surface area contributed by atoms with Crippen LogP contribution in [0.5, 0.6) is 11.5 Å². The second-order valence-corrected chi connectivity index (χ2v) is 4.32. The molecule has 0 amide bonds. The van der Waals surface area contributed by atoms with Gasteiger partial charge in [0.05, 0.1) is 12.0 Å². The Kier molecular flexibility index (Phi) is 4.61. The number of nitro benzene ring substituents is 1. The van der Waals surface area contributed by atoms with E-state index >= 15 is 0 Å². The number of ether oxygens (including phenoxy) is 2. The third-order valence-corrected chi connectivity index (χ3v) is 2.99. The zero-order valence-electron chi connectivity index (χ0n) is 11.8. The Labute approximate surface area is 122 Å². The number of nitrogens with zero attached hydrogens (tertiary/aromatic N) is 1. The molecule has 2 aromatic carbocycles. The van der Waals surface area contributed by atoms with Gasteiger partial charge in [-0.05, 0) is 42.0 Å². The number of nitro groups is 1. The molecule has 0 fully saturated rings. The van der Waals surface area contributed by atoms with Crippen LogP contribution in [-0.4, -0.2) is 19.1 Å². The van der Waals surface area contributed by atoms with Gasteiger partial charge in [-0.25, -0.2) is 0 Å². The molecule has 1 N–H and O–H groups in total. The monoisotopic (exact) mass is 288 g/mol. The molecule has 0 radical (unpaired) electrons. The molecule has 0 saturated heterocycles. The lowest BCUT2D eigenvalue weighted by molar-refractivity contribution is -0.384. The molecule has 6 nitrogen and oxygen atoms in total. The highest BCUT2D eigenvalue weighted by Crippen LogP contribution is 2.26. The normalized spacial score (nSPS) is 10.0. The quantitative estimate of drug-likeness (QED) is 0.652. The number of hydrogen-bond acceptors (Lipinski definition) is 5. The fourth-order valence-electron chi connectivity index (χ4n) is 1.87. The first-order valence-corrected chi connectivity index (χ1v) is 6.36. The first-order valence-electron chi connectivity index (χ1n) is 6.36. The Morgan fingerprint density at radius 1 is 1.14 bits per heavy atom. The molecule has 2 rings (SSSR count). The Bertz CT molecular complexity index is 626. The van der Waals surface area contributed by atoms with Gasteiger partial charge in [-0.1, -0.05) is 0 Å². The lowest BCUT2D eigenvalue weighted by Crippen LogP contribution is -2.00. The van der Waals surface area contributed by atoms with Gasteiger partial charge in [0.2, 0.25) is 0 Å². The molecule has 0 aliphatic rings. The molecular formula is C15H16N2O4. The summed E-state index contributed by atoms with van der Waals surface area (Å²) >= 11 is 0. The average Bonchev–Trinajstić information content (AvgIpc) is 2.52. The van der Waals surface area contributed by atoms with Crippen LogP contribution in [0.25, 0.3) is 0 Å². The summed E-state index contributed by atoms with van der Waals surface area (Å²) in [5.41, 5.74) is 1.36. The summed E-state index contributed by atoms with van der Waals surface area (Å²) in [5.74, 6) is 1.47. The lowest BCUT2D eigenvalue weighted by Gasteiger charge is -2.09. The molecule has 110 valence electrons. The van der Waals surface area contributed by atoms with Crippen LogP contribution in [0.2, 0.25) is 0 Å². The van der Waals surface area contributed by atoms with Crippen molar-refractivity contribution in [3.8, 4) is 11.5 Å². The van der Waals surface area contributed by atoms with E-state index in [1.807, 2.05) is 24.3 Å². The molecular weight excluding hydrogens is 272 g/mol. The van der Waals surface area contributed by atoms with Crippen LogP contribution >= 0.6 is 0 Å². The van der Waals surface area contributed by atoms with Crippen LogP contribution in [0.3, 0.4) is 0 Å². The molecule has 6 heteroatoms. The van der Waals surface area contributed by atoms with E-state index in [4.69, 9.17) is 9.47 Å². The SMILES string of the molecule is CNc1cc(COc2ccc(OC)cc2)ccc1[N+](=O)[O-]. The highest BCUT2D eigenvalue weighted by Gasteiger charge is 2.12. The van der Waals surface area contributed by atoms with Gasteiger partial charge in [0.15, 0.2) is 0 Å². The predicted octanol–water partition coefficient (Wildman–Crippen LogP) is 3.22. The van der Waals surface area contributed by atoms with Crippen molar-refractivity contribution in [1.82, 2.24) is 0 Å². The molecule has 0 heterocycles. The number of methoxy groups -OCH3 is 1. The van der Waals surface area contributed by atoms with E-state index in [1.165, 1.54) is 6.07 Å². The Hall–Kier alpha value is -2.76. The van der Waals surface area contributed by atoms with Crippen molar-refractivity contribution in [3.63, 3.8) is 0 Å². The van der Waals surface area contributed by atoms with Gasteiger partial charge in [0.25, 0.3) is 5.69 Å². The first kappa shape index (κ1) is 14.6. The summed E-state index contributed by atoms with van der Waals surface area (Å²) in [7, 11) is 3.25. The summed E-state index contributed by atoms with van der Waals surface area (Å²) in [6.45, 7) is 0.332. The van der Waals surface area contributed by atoms with E-state index in [9.17, 15) is 10.1 Å². The van der Waals surface area contributed by atoms with E-state index in [0.717, 1.165) is 11.3 Å². The zero-order chi connectivity index (χ0) is 15.2. The van der Waals surface area contributed by atoms with E-state index in [0.29, 0.717) is 18.0 Å². The second kappa shape index (κ2) is 6.60. The van der Waals surface area contributed by atoms with Crippen LogP contribution in [0.15, 0.2) is 42.5 Å². The van der Waals surface area contributed by atoms with E-state index < -0.39 is 4.92 Å². The number of anilines is 1. The van der Waals surface area contributed by atoms with Crippen LogP contribution in [0, 0.1) is 10.1 Å². The smallest absolute Gasteiger partial charge is 0.292 e. The lowest BCUT2D eigenvalue weighted by atomic mass is 10.2. The number of nitrogens with one attached hydrogen (secondary N) is 1. The molecule has 0 aromatic heterocycles. The van der Waals surface area contributed by atoms with Crippen LogP contribution < -0.4 is 14.8 Å². The van der Waals surface area contributed by atoms with Crippen molar-refractivity contribution in [2.45, 2.75) is 6.61 Å². The topological polar surface area (TPSA) is 73.6 Å². The highest BCUT2D eigenvalue weighted by atomic mass is 16.6. The van der Waals surface area contributed by atoms with Gasteiger partial charge in [0, 0.05) is 13.1 Å². The number of rotatable bonds is 6. The molecule has 0 saturated carbocycles. The van der Waals surface area contributed by atoms with Crippen molar-refractivity contribution in [1.29, 1.82) is 0 Å². The summed E-state index contributed by atoms with van der Waals surface area (Å²) < 4.78 is 10.7. The summed E-state index contributed by atoms with van der Waals surface area (Å²) in [6.07, 6.45) is 0. The van der Waals surface area contributed by atoms with Crippen molar-refractivity contribution in [2.75, 3.05) is 19.5 Å². The van der Waals surface area contributed by atoms with Gasteiger partial charge in [-0.3, -0.25) is 10.1 Å². The van der Waals surface area contributed by atoms with E-state index in [2.05, 4.69) is 5.32 Å². The third kappa shape index (κ3) is 3.62. The minimum atomic E-state index is -0.417. The minimum absolute atomic E-state index is 0.0469. The largest absolute Gasteiger partial charge is 0.497 e. The fraction of sp³-hybridized carbons (Fsp3) is 0.200. The van der Waals surface area contributed by atoms with Crippen LogP contribution in [-0.2, 0) is 6.61 Å². The Balaban J connectivity index is 2.07. The molecule has 0 aliphatic carbocycles. The fourth-order valence-corrected chi connectivity index (χ4v) is 1.87. The second-order valence-electron chi connectivity index (χ2n) is 4.32. The van der Waals surface area contributed by atoms with Crippen LogP contribution in [0.4, 0.5) is 11.4 Å². The molecule has 2 aromatic rings. The molecule has 0 unspecified atom stereocenters. The number of hydrogen-bond donors (Lipinski definition) is 1. The van der Waals surface area contributed by atoms with Gasteiger partial charge < -0.3 is 14.8 Å². The Morgan fingerprint density at radius 3 is 2.38 bits per heavy atom. The van der Waals surface area contributed by atoms with Crippen molar-refractivity contribution >= 4 is 11.4 Å².